The molecule has 3 heteroatoms. The van der Waals surface area contributed by atoms with Gasteiger partial charge in [-0.1, -0.05) is 32.8 Å². The van der Waals surface area contributed by atoms with E-state index < -0.39 is 0 Å². The van der Waals surface area contributed by atoms with Crippen molar-refractivity contribution in [3.8, 4) is 5.75 Å². The highest BCUT2D eigenvalue weighted by Crippen LogP contribution is 2.41. The van der Waals surface area contributed by atoms with Gasteiger partial charge in [-0.15, -0.1) is 0 Å². The molecule has 0 amide bonds. The quantitative estimate of drug-likeness (QED) is 0.888. The first-order valence-electron chi connectivity index (χ1n) is 8.37. The molecule has 1 N–H and O–H groups in total. The fourth-order valence-corrected chi connectivity index (χ4v) is 4.02. The number of hydrogen-bond acceptors (Lipinski definition) is 2. The van der Waals surface area contributed by atoms with Gasteiger partial charge in [0.05, 0.1) is 0 Å². The minimum Gasteiger partial charge on any atom is -0.490 e. The summed E-state index contributed by atoms with van der Waals surface area (Å²) in [7, 11) is 0. The molecular weight excluding hydrogens is 265 g/mol. The summed E-state index contributed by atoms with van der Waals surface area (Å²) in [5, 5.41) is 3.54. The van der Waals surface area contributed by atoms with Crippen LogP contribution in [0.1, 0.15) is 57.6 Å². The zero-order valence-corrected chi connectivity index (χ0v) is 13.1. The molecule has 1 saturated carbocycles. The van der Waals surface area contributed by atoms with Crippen molar-refractivity contribution in [2.45, 2.75) is 58.1 Å². The van der Waals surface area contributed by atoms with Crippen LogP contribution in [0.25, 0.3) is 0 Å². The summed E-state index contributed by atoms with van der Waals surface area (Å²) >= 11 is 0. The van der Waals surface area contributed by atoms with Gasteiger partial charge in [0.25, 0.3) is 0 Å². The summed E-state index contributed by atoms with van der Waals surface area (Å²) < 4.78 is 19.7. The van der Waals surface area contributed by atoms with Crippen LogP contribution in [-0.4, -0.2) is 12.6 Å². The molecule has 1 aromatic carbocycles. The number of halogens is 1. The molecule has 1 fully saturated rings. The van der Waals surface area contributed by atoms with Crippen LogP contribution in [0.5, 0.6) is 5.75 Å². The van der Waals surface area contributed by atoms with E-state index in [1.54, 1.807) is 6.07 Å². The van der Waals surface area contributed by atoms with Gasteiger partial charge in [-0.3, -0.25) is 0 Å². The molecule has 21 heavy (non-hydrogen) atoms. The predicted molar refractivity (Wildman–Crippen MR) is 83.0 cm³/mol. The Kier molecular flexibility index (Phi) is 4.48. The lowest BCUT2D eigenvalue weighted by Crippen LogP contribution is -2.39. The summed E-state index contributed by atoms with van der Waals surface area (Å²) in [4.78, 5) is 0. The third-order valence-corrected chi connectivity index (χ3v) is 5.05. The molecular formula is C18H26FNO. The minimum absolute atomic E-state index is 0.207. The molecule has 2 nitrogen and oxygen atoms in total. The Morgan fingerprint density at radius 2 is 2.14 bits per heavy atom. The Hall–Kier alpha value is -1.09. The molecule has 0 saturated heterocycles. The van der Waals surface area contributed by atoms with Gasteiger partial charge in [0.1, 0.15) is 17.7 Å². The highest BCUT2D eigenvalue weighted by molar-refractivity contribution is 5.38. The van der Waals surface area contributed by atoms with Gasteiger partial charge in [0.15, 0.2) is 0 Å². The molecule has 3 rings (SSSR count). The number of ether oxygens (including phenoxy) is 1. The molecule has 4 unspecified atom stereocenters. The number of hydrogen-bond donors (Lipinski definition) is 1. The second-order valence-corrected chi connectivity index (χ2v) is 6.72. The number of rotatable bonds is 3. The molecule has 4 atom stereocenters. The van der Waals surface area contributed by atoms with Crippen LogP contribution < -0.4 is 10.1 Å². The molecule has 1 aliphatic heterocycles. The standard InChI is InChI=1S/C18H26FNO/c1-3-20-16-11-17(13-6-4-5-12(2)9-13)21-18-10-14(19)7-8-15(16)18/h7-8,10,12-13,16-17,20H,3-6,9,11H2,1-2H3. The number of benzene rings is 1. The van der Waals surface area contributed by atoms with Crippen molar-refractivity contribution in [3.05, 3.63) is 29.6 Å². The summed E-state index contributed by atoms with van der Waals surface area (Å²) in [5.74, 6) is 1.95. The monoisotopic (exact) mass is 291 g/mol. The highest BCUT2D eigenvalue weighted by Gasteiger charge is 2.35. The summed E-state index contributed by atoms with van der Waals surface area (Å²) in [6.07, 6.45) is 6.36. The highest BCUT2D eigenvalue weighted by atomic mass is 19.1. The van der Waals surface area contributed by atoms with Gasteiger partial charge in [-0.05, 0) is 37.3 Å². The largest absolute Gasteiger partial charge is 0.490 e. The first-order valence-corrected chi connectivity index (χ1v) is 8.37. The van der Waals surface area contributed by atoms with Crippen molar-refractivity contribution >= 4 is 0 Å². The Bertz CT molecular complexity index is 490. The van der Waals surface area contributed by atoms with E-state index in [-0.39, 0.29) is 11.9 Å². The SMILES string of the molecule is CCNC1CC(C2CCCC(C)C2)Oc2cc(F)ccc21. The zero-order valence-electron chi connectivity index (χ0n) is 13.1. The fourth-order valence-electron chi connectivity index (χ4n) is 4.02. The maximum absolute atomic E-state index is 13.5. The Morgan fingerprint density at radius 1 is 1.29 bits per heavy atom. The van der Waals surface area contributed by atoms with Gasteiger partial charge in [0, 0.05) is 24.1 Å². The number of fused-ring (bicyclic) bond motifs is 1. The van der Waals surface area contributed by atoms with Crippen LogP contribution in [0, 0.1) is 17.7 Å². The van der Waals surface area contributed by atoms with E-state index in [1.165, 1.54) is 31.7 Å². The van der Waals surface area contributed by atoms with Crippen LogP contribution in [0.2, 0.25) is 0 Å². The fraction of sp³-hybridized carbons (Fsp3) is 0.667. The first kappa shape index (κ1) is 14.8. The number of nitrogens with one attached hydrogen (secondary N) is 1. The molecule has 2 aliphatic rings. The van der Waals surface area contributed by atoms with Crippen LogP contribution in [0.15, 0.2) is 18.2 Å². The van der Waals surface area contributed by atoms with E-state index in [1.807, 2.05) is 6.07 Å². The molecule has 0 aromatic heterocycles. The Balaban J connectivity index is 1.82. The Labute approximate surface area is 127 Å². The second-order valence-electron chi connectivity index (χ2n) is 6.72. The topological polar surface area (TPSA) is 21.3 Å². The van der Waals surface area contributed by atoms with Gasteiger partial charge >= 0.3 is 0 Å². The van der Waals surface area contributed by atoms with Gasteiger partial charge in [-0.2, -0.15) is 0 Å². The van der Waals surface area contributed by atoms with E-state index >= 15 is 0 Å². The molecule has 1 heterocycles. The third kappa shape index (κ3) is 3.23. The second kappa shape index (κ2) is 6.35. The van der Waals surface area contributed by atoms with Gasteiger partial charge < -0.3 is 10.1 Å². The Morgan fingerprint density at radius 3 is 2.90 bits per heavy atom. The summed E-state index contributed by atoms with van der Waals surface area (Å²) in [5.41, 5.74) is 1.11. The van der Waals surface area contributed by atoms with Gasteiger partial charge in [-0.25, -0.2) is 4.39 Å². The smallest absolute Gasteiger partial charge is 0.127 e. The van der Waals surface area contributed by atoms with Crippen molar-refractivity contribution in [2.24, 2.45) is 11.8 Å². The minimum atomic E-state index is -0.207. The molecule has 0 radical (unpaired) electrons. The van der Waals surface area contributed by atoms with Crippen LogP contribution in [-0.2, 0) is 0 Å². The normalized spacial score (nSPS) is 32.3. The van der Waals surface area contributed by atoms with E-state index in [4.69, 9.17) is 4.74 Å². The third-order valence-electron chi connectivity index (χ3n) is 5.05. The zero-order chi connectivity index (χ0) is 14.8. The average molecular weight is 291 g/mol. The molecule has 1 aliphatic carbocycles. The first-order chi connectivity index (χ1) is 10.2. The summed E-state index contributed by atoms with van der Waals surface area (Å²) in [6.45, 7) is 5.38. The molecule has 0 bridgehead atoms. The van der Waals surface area contributed by atoms with Crippen molar-refractivity contribution in [1.29, 1.82) is 0 Å². The van der Waals surface area contributed by atoms with Crippen molar-refractivity contribution in [2.75, 3.05) is 6.54 Å². The van der Waals surface area contributed by atoms with Crippen molar-refractivity contribution in [3.63, 3.8) is 0 Å². The lowest BCUT2D eigenvalue weighted by molar-refractivity contribution is 0.0615. The van der Waals surface area contributed by atoms with Crippen molar-refractivity contribution in [1.82, 2.24) is 5.32 Å². The maximum Gasteiger partial charge on any atom is 0.127 e. The molecule has 0 spiro atoms. The summed E-state index contributed by atoms with van der Waals surface area (Å²) in [6, 6.07) is 5.26. The predicted octanol–water partition coefficient (Wildman–Crippen LogP) is 4.45. The lowest BCUT2D eigenvalue weighted by Gasteiger charge is -2.39. The van der Waals surface area contributed by atoms with Crippen LogP contribution in [0.3, 0.4) is 0 Å². The average Bonchev–Trinajstić information content (AvgIpc) is 2.47. The lowest BCUT2D eigenvalue weighted by atomic mass is 9.77. The molecule has 116 valence electrons. The van der Waals surface area contributed by atoms with E-state index in [9.17, 15) is 4.39 Å². The maximum atomic E-state index is 13.5. The molecule has 1 aromatic rings. The van der Waals surface area contributed by atoms with E-state index in [2.05, 4.69) is 19.2 Å². The van der Waals surface area contributed by atoms with E-state index in [0.29, 0.717) is 12.0 Å². The van der Waals surface area contributed by atoms with Crippen molar-refractivity contribution < 1.29 is 9.13 Å². The van der Waals surface area contributed by atoms with Crippen LogP contribution in [0.4, 0.5) is 4.39 Å². The van der Waals surface area contributed by atoms with Crippen LogP contribution >= 0.6 is 0 Å². The van der Waals surface area contributed by atoms with E-state index in [0.717, 1.165) is 30.2 Å². The van der Waals surface area contributed by atoms with Gasteiger partial charge in [0.2, 0.25) is 0 Å².